The van der Waals surface area contributed by atoms with E-state index in [1.165, 1.54) is 6.08 Å². The number of furan rings is 1. The van der Waals surface area contributed by atoms with Crippen molar-refractivity contribution in [1.29, 1.82) is 0 Å². The van der Waals surface area contributed by atoms with E-state index in [4.69, 9.17) is 27.6 Å². The van der Waals surface area contributed by atoms with Gasteiger partial charge in [0.15, 0.2) is 3.77 Å². The number of benzene rings is 1. The first-order valence-corrected chi connectivity index (χ1v) is 9.21. The van der Waals surface area contributed by atoms with Crippen LogP contribution in [-0.4, -0.2) is 16.8 Å². The third-order valence-corrected chi connectivity index (χ3v) is 5.98. The van der Waals surface area contributed by atoms with Gasteiger partial charge in [-0.15, -0.1) is 0 Å². The molecule has 9 heteroatoms. The van der Waals surface area contributed by atoms with E-state index in [1.807, 2.05) is 22.6 Å². The molecule has 3 amide bonds. The Morgan fingerprint density at radius 3 is 2.67 bits per heavy atom. The Balaban J connectivity index is 1.83. The molecule has 0 atom stereocenters. The maximum atomic E-state index is 12.4. The predicted molar refractivity (Wildman–Crippen MR) is 103 cm³/mol. The van der Waals surface area contributed by atoms with Gasteiger partial charge in [-0.2, -0.15) is 0 Å². The maximum absolute atomic E-state index is 12.4. The maximum Gasteiger partial charge on any atom is 0.329 e. The molecule has 1 aromatic carbocycles. The van der Waals surface area contributed by atoms with Gasteiger partial charge in [0.05, 0.1) is 11.0 Å². The Hall–Kier alpha value is -1.03. The third kappa shape index (κ3) is 3.63. The van der Waals surface area contributed by atoms with Crippen LogP contribution in [0, 0.1) is 3.77 Å². The van der Waals surface area contributed by atoms with Crippen molar-refractivity contribution in [1.82, 2.24) is 10.2 Å². The largest absolute Gasteiger partial charge is 0.450 e. The highest BCUT2D eigenvalue weighted by molar-refractivity contribution is 14.1. The molecule has 0 unspecified atom stereocenters. The molecule has 0 spiro atoms. The van der Waals surface area contributed by atoms with E-state index in [0.717, 1.165) is 9.37 Å². The summed E-state index contributed by atoms with van der Waals surface area (Å²) in [7, 11) is 0. The molecule has 0 radical (unpaired) electrons. The fourth-order valence-corrected chi connectivity index (χ4v) is 3.30. The molecule has 1 saturated heterocycles. The van der Waals surface area contributed by atoms with Gasteiger partial charge < -0.3 is 9.73 Å². The van der Waals surface area contributed by atoms with Gasteiger partial charge in [0.1, 0.15) is 11.5 Å². The first kappa shape index (κ1) is 17.8. The van der Waals surface area contributed by atoms with Crippen LogP contribution in [0.4, 0.5) is 4.79 Å². The van der Waals surface area contributed by atoms with Crippen LogP contribution in [0.15, 0.2) is 38.9 Å². The summed E-state index contributed by atoms with van der Waals surface area (Å²) in [6.45, 7) is 0.0530. The van der Waals surface area contributed by atoms with Gasteiger partial charge in [0.2, 0.25) is 0 Å². The average Bonchev–Trinajstić information content (AvgIpc) is 2.95. The van der Waals surface area contributed by atoms with Crippen LogP contribution >= 0.6 is 61.7 Å². The monoisotopic (exact) mass is 540 g/mol. The number of imide groups is 1. The zero-order chi connectivity index (χ0) is 17.4. The highest BCUT2D eigenvalue weighted by Crippen LogP contribution is 2.27. The van der Waals surface area contributed by atoms with Gasteiger partial charge in [-0.05, 0) is 39.7 Å². The number of carbonyl (C=O) groups is 2. The average molecular weight is 542 g/mol. The lowest BCUT2D eigenvalue weighted by molar-refractivity contribution is -0.123. The van der Waals surface area contributed by atoms with E-state index in [0.29, 0.717) is 25.1 Å². The second-order valence-corrected chi connectivity index (χ2v) is 7.56. The van der Waals surface area contributed by atoms with Crippen LogP contribution in [-0.2, 0) is 11.3 Å². The van der Waals surface area contributed by atoms with Crippen LogP contribution in [0.3, 0.4) is 0 Å². The zero-order valence-electron chi connectivity index (χ0n) is 11.8. The molecule has 0 bridgehead atoms. The molecular formula is C15H8BrCl2IN2O3. The topological polar surface area (TPSA) is 62.6 Å². The van der Waals surface area contributed by atoms with Crippen molar-refractivity contribution < 1.29 is 14.0 Å². The lowest BCUT2D eigenvalue weighted by atomic mass is 10.2. The zero-order valence-corrected chi connectivity index (χ0v) is 17.0. The number of carbonyl (C=O) groups excluding carboxylic acids is 2. The minimum atomic E-state index is -0.516. The molecule has 1 aliphatic rings. The Morgan fingerprint density at radius 1 is 1.29 bits per heavy atom. The Bertz CT molecular complexity index is 862. The normalized spacial score (nSPS) is 16.2. The van der Waals surface area contributed by atoms with Crippen molar-refractivity contribution in [3.05, 3.63) is 59.6 Å². The van der Waals surface area contributed by atoms with Crippen molar-refractivity contribution in [2.75, 3.05) is 0 Å². The Labute approximate surface area is 169 Å². The number of urea groups is 1. The molecule has 24 heavy (non-hydrogen) atoms. The number of amides is 3. The van der Waals surface area contributed by atoms with Crippen molar-refractivity contribution in [2.24, 2.45) is 0 Å². The van der Waals surface area contributed by atoms with E-state index in [9.17, 15) is 9.59 Å². The number of nitrogens with one attached hydrogen (secondary N) is 1. The van der Waals surface area contributed by atoms with Crippen LogP contribution in [0.25, 0.3) is 6.08 Å². The first-order valence-electron chi connectivity index (χ1n) is 6.58. The van der Waals surface area contributed by atoms with Gasteiger partial charge in [0, 0.05) is 38.7 Å². The van der Waals surface area contributed by atoms with Gasteiger partial charge in [-0.3, -0.25) is 9.69 Å². The SMILES string of the molecule is O=C1N/C(=C\c2cc(Br)c(I)o2)C(=O)N1Cc1ccc(Cl)cc1Cl. The third-order valence-electron chi connectivity index (χ3n) is 3.26. The highest BCUT2D eigenvalue weighted by Gasteiger charge is 2.34. The van der Waals surface area contributed by atoms with Crippen molar-refractivity contribution in [2.45, 2.75) is 6.54 Å². The molecule has 0 saturated carbocycles. The lowest BCUT2D eigenvalue weighted by Gasteiger charge is -2.13. The fraction of sp³-hybridized carbons (Fsp3) is 0.0667. The molecule has 1 aliphatic heterocycles. The van der Waals surface area contributed by atoms with Crippen LogP contribution in [0.2, 0.25) is 10.0 Å². The highest BCUT2D eigenvalue weighted by atomic mass is 127. The Morgan fingerprint density at radius 2 is 2.04 bits per heavy atom. The smallest absolute Gasteiger partial charge is 0.329 e. The fourth-order valence-electron chi connectivity index (χ4n) is 2.11. The second kappa shape index (κ2) is 7.07. The minimum absolute atomic E-state index is 0.0530. The summed E-state index contributed by atoms with van der Waals surface area (Å²) in [5.41, 5.74) is 0.767. The second-order valence-electron chi connectivity index (χ2n) is 4.89. The van der Waals surface area contributed by atoms with E-state index in [1.54, 1.807) is 24.3 Å². The molecule has 3 rings (SSSR count). The molecule has 1 N–H and O–H groups in total. The van der Waals surface area contributed by atoms with Gasteiger partial charge in [-0.1, -0.05) is 29.3 Å². The molecule has 2 heterocycles. The molecule has 124 valence electrons. The number of halogens is 4. The van der Waals surface area contributed by atoms with E-state index in [-0.39, 0.29) is 12.2 Å². The summed E-state index contributed by atoms with van der Waals surface area (Å²) in [4.78, 5) is 25.6. The summed E-state index contributed by atoms with van der Waals surface area (Å²) in [5, 5.41) is 3.41. The van der Waals surface area contributed by atoms with Gasteiger partial charge in [0.25, 0.3) is 5.91 Å². The summed E-state index contributed by atoms with van der Waals surface area (Å²) in [6.07, 6.45) is 1.48. The number of nitrogens with zero attached hydrogens (tertiary/aromatic N) is 1. The molecule has 2 aromatic rings. The summed E-state index contributed by atoms with van der Waals surface area (Å²) < 4.78 is 6.88. The van der Waals surface area contributed by atoms with E-state index >= 15 is 0 Å². The van der Waals surface area contributed by atoms with Crippen molar-refractivity contribution in [3.8, 4) is 0 Å². The lowest BCUT2D eigenvalue weighted by Crippen LogP contribution is -2.30. The van der Waals surface area contributed by atoms with E-state index < -0.39 is 11.9 Å². The number of hydrogen-bond acceptors (Lipinski definition) is 3. The predicted octanol–water partition coefficient (Wildman–Crippen LogP) is 5.05. The van der Waals surface area contributed by atoms with Gasteiger partial charge in [-0.25, -0.2) is 4.79 Å². The Kier molecular flexibility index (Phi) is 5.24. The standard InChI is InChI=1S/C15H8BrCl2IN2O3/c16-10-4-9(24-13(10)19)5-12-14(22)21(15(23)20-12)6-7-1-2-8(17)3-11(7)18/h1-5H,6H2,(H,20,23)/b12-5-. The summed E-state index contributed by atoms with van der Waals surface area (Å²) in [5.74, 6) is 0.00912. The quantitative estimate of drug-likeness (QED) is 0.336. The van der Waals surface area contributed by atoms with Crippen LogP contribution in [0.5, 0.6) is 0 Å². The van der Waals surface area contributed by atoms with Crippen LogP contribution in [0.1, 0.15) is 11.3 Å². The van der Waals surface area contributed by atoms with Crippen molar-refractivity contribution >= 4 is 79.7 Å². The molecule has 1 aromatic heterocycles. The molecular weight excluding hydrogens is 534 g/mol. The number of hydrogen-bond donors (Lipinski definition) is 1. The minimum Gasteiger partial charge on any atom is -0.450 e. The van der Waals surface area contributed by atoms with Crippen LogP contribution < -0.4 is 5.32 Å². The van der Waals surface area contributed by atoms with Crippen molar-refractivity contribution in [3.63, 3.8) is 0 Å². The van der Waals surface area contributed by atoms with E-state index in [2.05, 4.69) is 21.2 Å². The summed E-state index contributed by atoms with van der Waals surface area (Å²) >= 11 is 17.3. The molecule has 5 nitrogen and oxygen atoms in total. The molecule has 0 aliphatic carbocycles. The first-order chi connectivity index (χ1) is 11.3. The molecule has 1 fully saturated rings. The number of rotatable bonds is 3. The summed E-state index contributed by atoms with van der Waals surface area (Å²) in [6, 6.07) is 6.10. The van der Waals surface area contributed by atoms with Gasteiger partial charge >= 0.3 is 6.03 Å².